The summed E-state index contributed by atoms with van der Waals surface area (Å²) in [5.41, 5.74) is 1.58. The average molecular weight is 306 g/mol. The molecule has 0 spiro atoms. The molecule has 0 amide bonds. The first-order chi connectivity index (χ1) is 10.6. The largest absolute Gasteiger partial charge is 0.461 e. The van der Waals surface area contributed by atoms with E-state index in [2.05, 4.69) is 0 Å². The Balaban J connectivity index is 0.000000131. The lowest BCUT2D eigenvalue weighted by Gasteiger charge is -2.06. The number of ether oxygens (including phenoxy) is 2. The summed E-state index contributed by atoms with van der Waals surface area (Å²) in [6.07, 6.45) is 7.24. The second kappa shape index (κ2) is 6.14. The summed E-state index contributed by atoms with van der Waals surface area (Å²) in [5, 5.41) is 9.05. The molecule has 6 heteroatoms. The highest BCUT2D eigenvalue weighted by molar-refractivity contribution is 5.78. The number of aliphatic hydroxyl groups excluding tert-OH is 1. The van der Waals surface area contributed by atoms with Gasteiger partial charge in [0.2, 0.25) is 0 Å². The van der Waals surface area contributed by atoms with Crippen LogP contribution in [0.4, 0.5) is 0 Å². The van der Waals surface area contributed by atoms with E-state index in [1.807, 2.05) is 12.2 Å². The molecule has 1 unspecified atom stereocenters. The van der Waals surface area contributed by atoms with Crippen LogP contribution in [0.3, 0.4) is 0 Å². The van der Waals surface area contributed by atoms with Crippen molar-refractivity contribution < 1.29 is 29.0 Å². The molecule has 6 nitrogen and oxygen atoms in total. The van der Waals surface area contributed by atoms with Gasteiger partial charge in [-0.15, -0.1) is 0 Å². The zero-order chi connectivity index (χ0) is 15.7. The monoisotopic (exact) mass is 306 g/mol. The van der Waals surface area contributed by atoms with Crippen LogP contribution in [0.25, 0.3) is 0 Å². The van der Waals surface area contributed by atoms with E-state index in [1.165, 1.54) is 0 Å². The highest BCUT2D eigenvalue weighted by atomic mass is 16.6. The molecule has 4 aliphatic rings. The van der Waals surface area contributed by atoms with Crippen molar-refractivity contribution in [3.8, 4) is 0 Å². The van der Waals surface area contributed by atoms with Crippen molar-refractivity contribution in [3.05, 3.63) is 23.3 Å². The van der Waals surface area contributed by atoms with Crippen molar-refractivity contribution in [2.24, 2.45) is 11.8 Å². The fraction of sp³-hybridized carbons (Fsp3) is 0.562. The Morgan fingerprint density at radius 1 is 1.00 bits per heavy atom. The normalized spacial score (nSPS) is 38.2. The standard InChI is InChI=1S/C8H10O3.C8H8O3/c2*9-4-5-1-6-3-8(10)11-7(6)2-5/h1,4,6-8,10H,2-3H2;1,4,6-7H,2-3H2/t6-,7-,8?;6-,7-/m00/s1. The molecule has 5 atom stereocenters. The molecule has 2 heterocycles. The molecule has 2 aliphatic carbocycles. The molecule has 0 saturated carbocycles. The molecule has 4 rings (SSSR count). The number of fused-ring (bicyclic) bond motifs is 2. The van der Waals surface area contributed by atoms with Gasteiger partial charge in [0, 0.05) is 31.1 Å². The maximum atomic E-state index is 10.7. The molecule has 2 aliphatic heterocycles. The summed E-state index contributed by atoms with van der Waals surface area (Å²) in [6, 6.07) is 0. The Hall–Kier alpha value is -1.79. The predicted octanol–water partition coefficient (Wildman–Crippen LogP) is 0.686. The third-order valence-electron chi connectivity index (χ3n) is 4.48. The van der Waals surface area contributed by atoms with Gasteiger partial charge in [-0.1, -0.05) is 12.2 Å². The van der Waals surface area contributed by atoms with Crippen LogP contribution in [0.5, 0.6) is 0 Å². The maximum Gasteiger partial charge on any atom is 0.306 e. The van der Waals surface area contributed by atoms with Crippen molar-refractivity contribution in [1.82, 2.24) is 0 Å². The van der Waals surface area contributed by atoms with Gasteiger partial charge >= 0.3 is 5.97 Å². The van der Waals surface area contributed by atoms with E-state index in [4.69, 9.17) is 14.6 Å². The highest BCUT2D eigenvalue weighted by Gasteiger charge is 2.38. The van der Waals surface area contributed by atoms with Crippen LogP contribution in [-0.4, -0.2) is 42.1 Å². The Kier molecular flexibility index (Phi) is 4.22. The molecule has 22 heavy (non-hydrogen) atoms. The van der Waals surface area contributed by atoms with Gasteiger partial charge in [-0.05, 0) is 11.1 Å². The van der Waals surface area contributed by atoms with E-state index in [1.54, 1.807) is 0 Å². The molecule has 0 aromatic rings. The molecular formula is C16H18O6. The van der Waals surface area contributed by atoms with E-state index in [-0.39, 0.29) is 30.0 Å². The molecule has 0 aromatic carbocycles. The van der Waals surface area contributed by atoms with Crippen molar-refractivity contribution in [2.45, 2.75) is 44.2 Å². The summed E-state index contributed by atoms with van der Waals surface area (Å²) in [7, 11) is 0. The molecule has 1 N–H and O–H groups in total. The second-order valence-corrected chi connectivity index (χ2v) is 6.05. The van der Waals surface area contributed by atoms with Gasteiger partial charge in [-0.2, -0.15) is 0 Å². The van der Waals surface area contributed by atoms with Crippen LogP contribution >= 0.6 is 0 Å². The van der Waals surface area contributed by atoms with E-state index in [0.717, 1.165) is 23.7 Å². The maximum absolute atomic E-state index is 10.7. The minimum atomic E-state index is -0.616. The molecule has 118 valence electrons. The highest BCUT2D eigenvalue weighted by Crippen LogP contribution is 2.36. The SMILES string of the molecule is O=CC1=C[C@H]2CC(=O)O[C@H]2C1.O=CC1=C[C@H]2CC(O)O[C@H]2C1. The summed E-state index contributed by atoms with van der Waals surface area (Å²) < 4.78 is 10.1. The van der Waals surface area contributed by atoms with Gasteiger partial charge in [0.1, 0.15) is 18.7 Å². The molecule has 2 fully saturated rings. The van der Waals surface area contributed by atoms with E-state index in [0.29, 0.717) is 25.7 Å². The minimum Gasteiger partial charge on any atom is -0.461 e. The zero-order valence-corrected chi connectivity index (χ0v) is 12.0. The predicted molar refractivity (Wildman–Crippen MR) is 74.5 cm³/mol. The number of aldehydes is 2. The van der Waals surface area contributed by atoms with Crippen LogP contribution < -0.4 is 0 Å². The second-order valence-electron chi connectivity index (χ2n) is 6.05. The van der Waals surface area contributed by atoms with Gasteiger partial charge in [0.05, 0.1) is 12.5 Å². The Bertz CT molecular complexity index is 549. The van der Waals surface area contributed by atoms with Crippen LogP contribution in [-0.2, 0) is 23.9 Å². The lowest BCUT2D eigenvalue weighted by Crippen LogP contribution is -2.10. The van der Waals surface area contributed by atoms with Gasteiger partial charge in [0.15, 0.2) is 6.29 Å². The number of hydrogen-bond donors (Lipinski definition) is 1. The third kappa shape index (κ3) is 3.03. The van der Waals surface area contributed by atoms with Crippen LogP contribution in [0.2, 0.25) is 0 Å². The first kappa shape index (κ1) is 15.1. The number of hydrogen-bond acceptors (Lipinski definition) is 6. The number of carbonyl (C=O) groups is 3. The number of esters is 1. The minimum absolute atomic E-state index is 0.0392. The molecule has 2 saturated heterocycles. The molecular weight excluding hydrogens is 288 g/mol. The van der Waals surface area contributed by atoms with Gasteiger partial charge in [-0.25, -0.2) is 0 Å². The topological polar surface area (TPSA) is 89.9 Å². The van der Waals surface area contributed by atoms with Crippen molar-refractivity contribution in [3.63, 3.8) is 0 Å². The smallest absolute Gasteiger partial charge is 0.306 e. The van der Waals surface area contributed by atoms with Gasteiger partial charge in [0.25, 0.3) is 0 Å². The first-order valence-electron chi connectivity index (χ1n) is 7.43. The number of carbonyl (C=O) groups excluding carboxylic acids is 3. The molecule has 0 radical (unpaired) electrons. The lowest BCUT2D eigenvalue weighted by atomic mass is 10.1. The number of aliphatic hydroxyl groups is 1. The Morgan fingerprint density at radius 2 is 1.64 bits per heavy atom. The van der Waals surface area contributed by atoms with Crippen molar-refractivity contribution >= 4 is 18.5 Å². The fourth-order valence-electron chi connectivity index (χ4n) is 3.43. The molecule has 0 bridgehead atoms. The van der Waals surface area contributed by atoms with Crippen LogP contribution in [0.1, 0.15) is 25.7 Å². The quantitative estimate of drug-likeness (QED) is 0.596. The van der Waals surface area contributed by atoms with Gasteiger partial charge in [-0.3, -0.25) is 14.4 Å². The summed E-state index contributed by atoms with van der Waals surface area (Å²) in [4.78, 5) is 31.4. The fourth-order valence-corrected chi connectivity index (χ4v) is 3.43. The first-order valence-corrected chi connectivity index (χ1v) is 7.43. The van der Waals surface area contributed by atoms with Gasteiger partial charge < -0.3 is 14.6 Å². The van der Waals surface area contributed by atoms with E-state index >= 15 is 0 Å². The average Bonchev–Trinajstić information content (AvgIpc) is 3.17. The lowest BCUT2D eigenvalue weighted by molar-refractivity contribution is -0.141. The zero-order valence-electron chi connectivity index (χ0n) is 12.0. The van der Waals surface area contributed by atoms with E-state index in [9.17, 15) is 14.4 Å². The third-order valence-corrected chi connectivity index (χ3v) is 4.48. The van der Waals surface area contributed by atoms with Crippen LogP contribution in [0.15, 0.2) is 23.3 Å². The van der Waals surface area contributed by atoms with Crippen LogP contribution in [0, 0.1) is 11.8 Å². The Labute approximate surface area is 127 Å². The summed E-state index contributed by atoms with van der Waals surface area (Å²) >= 11 is 0. The van der Waals surface area contributed by atoms with Crippen molar-refractivity contribution in [2.75, 3.05) is 0 Å². The van der Waals surface area contributed by atoms with E-state index < -0.39 is 6.29 Å². The Morgan fingerprint density at radius 3 is 2.23 bits per heavy atom. The summed E-state index contributed by atoms with van der Waals surface area (Å²) in [5.74, 6) is 0.300. The summed E-state index contributed by atoms with van der Waals surface area (Å²) in [6.45, 7) is 0. The van der Waals surface area contributed by atoms with Crippen molar-refractivity contribution in [1.29, 1.82) is 0 Å². The molecule has 0 aromatic heterocycles. The number of rotatable bonds is 2.